The van der Waals surface area contributed by atoms with E-state index in [9.17, 15) is 19.8 Å². The first-order valence-electron chi connectivity index (χ1n) is 8.77. The lowest BCUT2D eigenvalue weighted by atomic mass is 9.79. The number of nitrogens with zero attached hydrogens (tertiary/aromatic N) is 1. The molecule has 0 saturated carbocycles. The number of aliphatic hydroxyl groups excluding tert-OH is 1. The highest BCUT2D eigenvalue weighted by atomic mass is 32.2. The van der Waals surface area contributed by atoms with Gasteiger partial charge >= 0.3 is 5.97 Å². The van der Waals surface area contributed by atoms with Crippen molar-refractivity contribution < 1.29 is 24.5 Å². The van der Waals surface area contributed by atoms with Crippen molar-refractivity contribution in [1.82, 2.24) is 10.2 Å². The molecule has 0 bridgehead atoms. The van der Waals surface area contributed by atoms with E-state index >= 15 is 0 Å². The van der Waals surface area contributed by atoms with Crippen molar-refractivity contribution in [2.24, 2.45) is 11.8 Å². The molecule has 7 nitrogen and oxygen atoms in total. The molecule has 0 radical (unpaired) electrons. The Hall–Kier alpha value is -1.09. The normalized spacial score (nSPS) is 36.7. The zero-order valence-electron chi connectivity index (χ0n) is 14.8. The maximum atomic E-state index is 12.4. The average molecular weight is 370 g/mol. The highest BCUT2D eigenvalue weighted by Crippen LogP contribution is 2.51. The Labute approximate surface area is 151 Å². The largest absolute Gasteiger partial charge is 0.477 e. The lowest BCUT2D eigenvalue weighted by Gasteiger charge is -2.46. The van der Waals surface area contributed by atoms with Crippen LogP contribution in [-0.2, 0) is 14.3 Å². The van der Waals surface area contributed by atoms with Gasteiger partial charge in [-0.3, -0.25) is 4.79 Å². The van der Waals surface area contributed by atoms with Crippen LogP contribution in [0.1, 0.15) is 26.7 Å². The fourth-order valence-electron chi connectivity index (χ4n) is 4.22. The predicted octanol–water partition coefficient (Wildman–Crippen LogP) is 0.640. The summed E-state index contributed by atoms with van der Waals surface area (Å²) in [5, 5.41) is 23.1. The van der Waals surface area contributed by atoms with Crippen LogP contribution in [0.25, 0.3) is 0 Å². The Morgan fingerprint density at radius 2 is 2.20 bits per heavy atom. The number of hydrogen-bond acceptors (Lipinski definition) is 6. The molecule has 25 heavy (non-hydrogen) atoms. The Morgan fingerprint density at radius 1 is 1.48 bits per heavy atom. The second-order valence-corrected chi connectivity index (χ2v) is 8.33. The molecule has 3 N–H and O–H groups in total. The number of nitrogens with one attached hydrogen (secondary N) is 1. The number of aliphatic hydroxyl groups is 1. The molecule has 2 saturated heterocycles. The average Bonchev–Trinajstić information content (AvgIpc) is 2.68. The summed E-state index contributed by atoms with van der Waals surface area (Å²) in [5.41, 5.74) is 0.0866. The van der Waals surface area contributed by atoms with Crippen molar-refractivity contribution in [2.45, 2.75) is 50.2 Å². The van der Waals surface area contributed by atoms with E-state index in [-0.39, 0.29) is 34.9 Å². The van der Waals surface area contributed by atoms with Gasteiger partial charge in [0.15, 0.2) is 0 Å². The maximum absolute atomic E-state index is 12.4. The Bertz CT molecular complexity index is 594. The fourth-order valence-corrected chi connectivity index (χ4v) is 5.80. The van der Waals surface area contributed by atoms with Gasteiger partial charge in [-0.2, -0.15) is 0 Å². The van der Waals surface area contributed by atoms with Gasteiger partial charge in [0.25, 0.3) is 0 Å². The van der Waals surface area contributed by atoms with Gasteiger partial charge in [0.2, 0.25) is 5.91 Å². The Balaban J connectivity index is 1.88. The number of methoxy groups -OCH3 is 1. The van der Waals surface area contributed by atoms with Gasteiger partial charge in [-0.05, 0) is 26.3 Å². The lowest BCUT2D eigenvalue weighted by molar-refractivity contribution is -0.163. The van der Waals surface area contributed by atoms with E-state index in [1.54, 1.807) is 14.0 Å². The summed E-state index contributed by atoms with van der Waals surface area (Å²) in [7, 11) is 1.69. The SMILES string of the molecule is COC1CCCNCC1SC1=C(C(=O)O)N2C(=O)C(C(C)O)[C@H]2C1C. The molecule has 5 unspecified atom stereocenters. The zero-order chi connectivity index (χ0) is 18.3. The molecule has 3 heterocycles. The first-order valence-corrected chi connectivity index (χ1v) is 9.65. The number of β-lactam (4-membered cyclic amide) rings is 1. The molecule has 1 amide bonds. The minimum atomic E-state index is -1.08. The highest BCUT2D eigenvalue weighted by Gasteiger charge is 2.60. The molecule has 0 spiro atoms. The highest BCUT2D eigenvalue weighted by molar-refractivity contribution is 8.03. The fraction of sp³-hybridized carbons (Fsp3) is 0.765. The lowest BCUT2D eigenvalue weighted by Crippen LogP contribution is -2.63. The third kappa shape index (κ3) is 3.09. The number of aliphatic carboxylic acids is 1. The van der Waals surface area contributed by atoms with E-state index in [0.29, 0.717) is 0 Å². The van der Waals surface area contributed by atoms with Crippen molar-refractivity contribution in [3.8, 4) is 0 Å². The summed E-state index contributed by atoms with van der Waals surface area (Å²) in [6.07, 6.45) is 1.22. The molecular weight excluding hydrogens is 344 g/mol. The summed E-state index contributed by atoms with van der Waals surface area (Å²) in [6.45, 7) is 5.21. The van der Waals surface area contributed by atoms with Gasteiger partial charge in [-0.15, -0.1) is 11.8 Å². The number of carboxylic acid groups (broad SMARTS) is 1. The van der Waals surface area contributed by atoms with Crippen LogP contribution in [0.2, 0.25) is 0 Å². The van der Waals surface area contributed by atoms with Crippen LogP contribution in [0.4, 0.5) is 0 Å². The quantitative estimate of drug-likeness (QED) is 0.611. The number of hydrogen-bond donors (Lipinski definition) is 3. The zero-order valence-corrected chi connectivity index (χ0v) is 15.6. The van der Waals surface area contributed by atoms with Gasteiger partial charge in [-0.25, -0.2) is 4.79 Å². The van der Waals surface area contributed by atoms with Crippen molar-refractivity contribution in [3.05, 3.63) is 10.6 Å². The Kier molecular flexibility index (Phi) is 5.43. The van der Waals surface area contributed by atoms with Gasteiger partial charge < -0.3 is 25.2 Å². The summed E-state index contributed by atoms with van der Waals surface area (Å²) < 4.78 is 5.62. The molecular formula is C17H26N2O5S. The smallest absolute Gasteiger partial charge is 0.353 e. The van der Waals surface area contributed by atoms with Crippen LogP contribution in [0.5, 0.6) is 0 Å². The number of rotatable bonds is 5. The van der Waals surface area contributed by atoms with Crippen molar-refractivity contribution in [1.29, 1.82) is 0 Å². The van der Waals surface area contributed by atoms with E-state index in [0.717, 1.165) is 30.8 Å². The second kappa shape index (κ2) is 7.26. The molecule has 0 aromatic rings. The molecule has 3 rings (SSSR count). The number of amides is 1. The number of ether oxygens (including phenoxy) is 1. The molecule has 140 valence electrons. The van der Waals surface area contributed by atoms with Crippen molar-refractivity contribution >= 4 is 23.6 Å². The molecule has 0 aromatic carbocycles. The molecule has 8 heteroatoms. The van der Waals surface area contributed by atoms with E-state index in [1.807, 2.05) is 6.92 Å². The minimum Gasteiger partial charge on any atom is -0.477 e. The van der Waals surface area contributed by atoms with E-state index in [1.165, 1.54) is 16.7 Å². The topological polar surface area (TPSA) is 99.1 Å². The third-order valence-corrected chi connectivity index (χ3v) is 7.09. The number of carboxylic acids is 1. The number of carbonyl (C=O) groups excluding carboxylic acids is 1. The van der Waals surface area contributed by atoms with Crippen molar-refractivity contribution in [2.75, 3.05) is 20.2 Å². The molecule has 3 aliphatic heterocycles. The van der Waals surface area contributed by atoms with Crippen LogP contribution in [0.15, 0.2) is 10.6 Å². The number of fused-ring (bicyclic) bond motifs is 1. The maximum Gasteiger partial charge on any atom is 0.353 e. The van der Waals surface area contributed by atoms with Gasteiger partial charge in [-0.1, -0.05) is 6.92 Å². The van der Waals surface area contributed by atoms with Crippen LogP contribution >= 0.6 is 11.8 Å². The first-order chi connectivity index (χ1) is 11.9. The minimum absolute atomic E-state index is 0.0475. The third-order valence-electron chi connectivity index (χ3n) is 5.49. The summed E-state index contributed by atoms with van der Waals surface area (Å²) in [6, 6.07) is -0.263. The van der Waals surface area contributed by atoms with Gasteiger partial charge in [0, 0.05) is 29.7 Å². The predicted molar refractivity (Wildman–Crippen MR) is 93.9 cm³/mol. The molecule has 6 atom stereocenters. The standard InChI is InChI=1S/C17H26N2O5S/c1-8-13-12(9(2)20)16(21)19(13)14(17(22)23)15(8)25-11-7-18-6-4-5-10(11)24-3/h8-13,18,20H,4-7H2,1-3H3,(H,22,23)/t8?,9?,10?,11?,12?,13-/m1/s1. The number of carbonyl (C=O) groups is 2. The first kappa shape index (κ1) is 18.7. The van der Waals surface area contributed by atoms with E-state index < -0.39 is 18.0 Å². The molecule has 0 aliphatic carbocycles. The van der Waals surface area contributed by atoms with Gasteiger partial charge in [0.05, 0.1) is 24.2 Å². The van der Waals surface area contributed by atoms with Crippen LogP contribution in [0.3, 0.4) is 0 Å². The second-order valence-electron chi connectivity index (χ2n) is 7.05. The summed E-state index contributed by atoms with van der Waals surface area (Å²) in [5.74, 6) is -1.99. The molecule has 3 aliphatic rings. The Morgan fingerprint density at radius 3 is 2.80 bits per heavy atom. The molecule has 0 aromatic heterocycles. The van der Waals surface area contributed by atoms with Crippen LogP contribution in [-0.4, -0.2) is 70.7 Å². The van der Waals surface area contributed by atoms with Gasteiger partial charge in [0.1, 0.15) is 5.70 Å². The van der Waals surface area contributed by atoms with Crippen LogP contribution < -0.4 is 5.32 Å². The summed E-state index contributed by atoms with van der Waals surface area (Å²) in [4.78, 5) is 26.3. The van der Waals surface area contributed by atoms with E-state index in [4.69, 9.17) is 4.74 Å². The van der Waals surface area contributed by atoms with E-state index in [2.05, 4.69) is 5.32 Å². The molecule has 2 fully saturated rings. The van der Waals surface area contributed by atoms with Crippen molar-refractivity contribution in [3.63, 3.8) is 0 Å². The monoisotopic (exact) mass is 370 g/mol. The number of thioether (sulfide) groups is 1. The summed E-state index contributed by atoms with van der Waals surface area (Å²) >= 11 is 1.52. The van der Waals surface area contributed by atoms with Crippen LogP contribution in [0, 0.1) is 11.8 Å².